The quantitative estimate of drug-likeness (QED) is 0.266. The van der Waals surface area contributed by atoms with Crippen LogP contribution in [0.3, 0.4) is 0 Å². The molecule has 8 heteroatoms. The number of rotatable bonds is 8. The van der Waals surface area contributed by atoms with Crippen LogP contribution in [0.5, 0.6) is 0 Å². The Hall–Kier alpha value is -3.88. The van der Waals surface area contributed by atoms with Gasteiger partial charge in [-0.2, -0.15) is 0 Å². The zero-order valence-corrected chi connectivity index (χ0v) is 22.5. The fraction of sp³-hybridized carbons (Fsp3) is 0.333. The summed E-state index contributed by atoms with van der Waals surface area (Å²) in [7, 11) is 0. The zero-order valence-electron chi connectivity index (χ0n) is 22.5. The number of carbonyl (C=O) groups is 2. The Morgan fingerprint density at radius 2 is 1.05 bits per heavy atom. The van der Waals surface area contributed by atoms with Gasteiger partial charge >= 0.3 is 0 Å². The minimum atomic E-state index is -0.159. The molecule has 6 N–H and O–H groups in total. The first-order valence-corrected chi connectivity index (χ1v) is 12.9. The molecule has 0 radical (unpaired) electrons. The van der Waals surface area contributed by atoms with Crippen LogP contribution in [0.1, 0.15) is 27.7 Å². The first kappa shape index (κ1) is 28.7. The number of nitrogens with one attached hydrogen (secondary N) is 2. The number of anilines is 2. The average Bonchev–Trinajstić information content (AvgIpc) is 2.89. The Kier molecular flexibility index (Phi) is 10.3. The maximum Gasteiger partial charge on any atom is 0.229 e. The minimum Gasteiger partial charge on any atom is -0.330 e. The van der Waals surface area contributed by atoms with Gasteiger partial charge in [-0.25, -0.2) is 0 Å². The van der Waals surface area contributed by atoms with Gasteiger partial charge in [0.15, 0.2) is 0 Å². The van der Waals surface area contributed by atoms with Crippen molar-refractivity contribution in [2.45, 2.75) is 27.7 Å². The SMILES string of the molecule is CC(C)[C@@H](CN)C(=O)Nc1ccc2cnccc2c1.CC(C)[C@H](CN)C(=O)Nc1ccc2cnccc2c1. The van der Waals surface area contributed by atoms with Crippen molar-refractivity contribution in [1.82, 2.24) is 9.97 Å². The molecule has 2 amide bonds. The molecule has 0 fully saturated rings. The Labute approximate surface area is 224 Å². The number of benzene rings is 2. The van der Waals surface area contributed by atoms with Crippen LogP contribution in [0.2, 0.25) is 0 Å². The standard InChI is InChI=1S/2C15H19N3O/c2*1-10(2)14(8-16)15(19)18-13-4-3-12-9-17-6-5-11(12)7-13/h2*3-7,9-10,14H,8,16H2,1-2H3,(H,18,19)/t2*14-/m10/s1. The van der Waals surface area contributed by atoms with Gasteiger partial charge in [0, 0.05) is 60.0 Å². The molecule has 0 aliphatic heterocycles. The Morgan fingerprint density at radius 3 is 1.39 bits per heavy atom. The largest absolute Gasteiger partial charge is 0.330 e. The molecule has 0 aliphatic carbocycles. The minimum absolute atomic E-state index is 0.0223. The number of aromatic nitrogens is 2. The molecule has 2 aromatic heterocycles. The molecular weight excluding hydrogens is 476 g/mol. The first-order valence-electron chi connectivity index (χ1n) is 12.9. The van der Waals surface area contributed by atoms with E-state index in [1.165, 1.54) is 0 Å². The summed E-state index contributed by atoms with van der Waals surface area (Å²) in [6, 6.07) is 15.4. The van der Waals surface area contributed by atoms with Crippen LogP contribution in [0.15, 0.2) is 73.3 Å². The molecule has 38 heavy (non-hydrogen) atoms. The van der Waals surface area contributed by atoms with Crippen LogP contribution >= 0.6 is 0 Å². The van der Waals surface area contributed by atoms with Crippen molar-refractivity contribution in [3.63, 3.8) is 0 Å². The molecule has 0 bridgehead atoms. The van der Waals surface area contributed by atoms with Gasteiger partial charge in [-0.15, -0.1) is 0 Å². The van der Waals surface area contributed by atoms with E-state index in [0.29, 0.717) is 13.1 Å². The first-order chi connectivity index (χ1) is 18.2. The van der Waals surface area contributed by atoms with Gasteiger partial charge in [0.1, 0.15) is 0 Å². The van der Waals surface area contributed by atoms with Crippen LogP contribution in [-0.2, 0) is 9.59 Å². The van der Waals surface area contributed by atoms with E-state index in [1.54, 1.807) is 24.8 Å². The fourth-order valence-corrected chi connectivity index (χ4v) is 4.16. The number of hydrogen-bond donors (Lipinski definition) is 4. The summed E-state index contributed by atoms with van der Waals surface area (Å²) in [6.07, 6.45) is 7.09. The van der Waals surface area contributed by atoms with E-state index < -0.39 is 0 Å². The molecule has 0 saturated heterocycles. The number of nitrogens with zero attached hydrogens (tertiary/aromatic N) is 2. The Bertz CT molecular complexity index is 1270. The maximum absolute atomic E-state index is 12.1. The molecule has 2 aromatic carbocycles. The summed E-state index contributed by atoms with van der Waals surface area (Å²) in [5.74, 6) is 0.0994. The van der Waals surface area contributed by atoms with Crippen LogP contribution < -0.4 is 22.1 Å². The number of amides is 2. The molecule has 2 atom stereocenters. The van der Waals surface area contributed by atoms with Crippen molar-refractivity contribution in [1.29, 1.82) is 0 Å². The lowest BCUT2D eigenvalue weighted by Gasteiger charge is -2.18. The third-order valence-corrected chi connectivity index (χ3v) is 6.61. The van der Waals surface area contributed by atoms with Crippen molar-refractivity contribution in [2.24, 2.45) is 35.1 Å². The molecule has 0 spiro atoms. The molecule has 0 aliphatic rings. The van der Waals surface area contributed by atoms with E-state index in [9.17, 15) is 9.59 Å². The Morgan fingerprint density at radius 1 is 0.658 bits per heavy atom. The molecule has 4 aromatic rings. The smallest absolute Gasteiger partial charge is 0.229 e. The van der Waals surface area contributed by atoms with Crippen molar-refractivity contribution in [3.05, 3.63) is 73.3 Å². The van der Waals surface area contributed by atoms with Gasteiger partial charge in [0.25, 0.3) is 0 Å². The van der Waals surface area contributed by atoms with Crippen molar-refractivity contribution >= 4 is 44.7 Å². The van der Waals surface area contributed by atoms with Gasteiger partial charge in [-0.1, -0.05) is 39.8 Å². The lowest BCUT2D eigenvalue weighted by Crippen LogP contribution is -2.33. The van der Waals surface area contributed by atoms with E-state index in [0.717, 1.165) is 32.9 Å². The zero-order chi connectivity index (χ0) is 27.7. The summed E-state index contributed by atoms with van der Waals surface area (Å²) in [4.78, 5) is 32.4. The highest BCUT2D eigenvalue weighted by Gasteiger charge is 2.21. The van der Waals surface area contributed by atoms with Gasteiger partial charge in [-0.05, 0) is 59.0 Å². The van der Waals surface area contributed by atoms with Gasteiger partial charge in [-0.3, -0.25) is 19.6 Å². The molecular formula is C30H38N6O2. The molecule has 4 rings (SSSR count). The topological polar surface area (TPSA) is 136 Å². The summed E-state index contributed by atoms with van der Waals surface area (Å²) in [5.41, 5.74) is 12.9. The van der Waals surface area contributed by atoms with Crippen LogP contribution in [0.4, 0.5) is 11.4 Å². The third kappa shape index (κ3) is 7.57. The highest BCUT2D eigenvalue weighted by Crippen LogP contribution is 2.21. The predicted octanol–water partition coefficient (Wildman–Crippen LogP) is 4.81. The van der Waals surface area contributed by atoms with Crippen LogP contribution in [0.25, 0.3) is 21.5 Å². The van der Waals surface area contributed by atoms with E-state index in [2.05, 4.69) is 20.6 Å². The summed E-state index contributed by atoms with van der Waals surface area (Å²) < 4.78 is 0. The molecule has 2 heterocycles. The predicted molar refractivity (Wildman–Crippen MR) is 156 cm³/mol. The normalized spacial score (nSPS) is 12.6. The second-order valence-electron chi connectivity index (χ2n) is 10.0. The average molecular weight is 515 g/mol. The molecule has 8 nitrogen and oxygen atoms in total. The molecule has 0 unspecified atom stereocenters. The van der Waals surface area contributed by atoms with Gasteiger partial charge < -0.3 is 22.1 Å². The van der Waals surface area contributed by atoms with Crippen molar-refractivity contribution in [2.75, 3.05) is 23.7 Å². The van der Waals surface area contributed by atoms with Crippen molar-refractivity contribution < 1.29 is 9.59 Å². The maximum atomic E-state index is 12.1. The van der Waals surface area contributed by atoms with Crippen LogP contribution in [-0.4, -0.2) is 34.9 Å². The van der Waals surface area contributed by atoms with Crippen LogP contribution in [0, 0.1) is 23.7 Å². The highest BCUT2D eigenvalue weighted by molar-refractivity contribution is 5.96. The van der Waals surface area contributed by atoms with E-state index in [4.69, 9.17) is 11.5 Å². The molecule has 200 valence electrons. The van der Waals surface area contributed by atoms with Crippen molar-refractivity contribution in [3.8, 4) is 0 Å². The second kappa shape index (κ2) is 13.6. The number of hydrogen-bond acceptors (Lipinski definition) is 6. The van der Waals surface area contributed by atoms with E-state index >= 15 is 0 Å². The third-order valence-electron chi connectivity index (χ3n) is 6.61. The molecule has 0 saturated carbocycles. The summed E-state index contributed by atoms with van der Waals surface area (Å²) >= 11 is 0. The summed E-state index contributed by atoms with van der Waals surface area (Å²) in [6.45, 7) is 8.74. The summed E-state index contributed by atoms with van der Waals surface area (Å²) in [5, 5.41) is 10.1. The fourth-order valence-electron chi connectivity index (χ4n) is 4.16. The van der Waals surface area contributed by atoms with Gasteiger partial charge in [0.05, 0.1) is 11.8 Å². The number of fused-ring (bicyclic) bond motifs is 2. The van der Waals surface area contributed by atoms with Gasteiger partial charge in [0.2, 0.25) is 11.8 Å². The number of carbonyl (C=O) groups excluding carboxylic acids is 2. The van der Waals surface area contributed by atoms with E-state index in [1.807, 2.05) is 76.2 Å². The lowest BCUT2D eigenvalue weighted by atomic mass is 9.95. The monoisotopic (exact) mass is 514 g/mol. The second-order valence-corrected chi connectivity index (χ2v) is 10.0. The Balaban J connectivity index is 0.000000211. The van der Waals surface area contributed by atoms with E-state index in [-0.39, 0.29) is 35.5 Å². The lowest BCUT2D eigenvalue weighted by molar-refractivity contribution is -0.121. The number of pyridine rings is 2. The number of nitrogens with two attached hydrogens (primary N) is 2. The highest BCUT2D eigenvalue weighted by atomic mass is 16.2.